The van der Waals surface area contributed by atoms with Crippen molar-refractivity contribution in [1.82, 2.24) is 0 Å². The highest BCUT2D eigenvalue weighted by Gasteiger charge is 2.13. The first-order valence-corrected chi connectivity index (χ1v) is 6.19. The average Bonchev–Trinajstić information content (AvgIpc) is 2.37. The lowest BCUT2D eigenvalue weighted by Crippen LogP contribution is -2.26. The summed E-state index contributed by atoms with van der Waals surface area (Å²) in [6.45, 7) is 3.99. The van der Waals surface area contributed by atoms with Crippen LogP contribution in [-0.2, 0) is 0 Å². The zero-order chi connectivity index (χ0) is 14.0. The lowest BCUT2D eigenvalue weighted by molar-refractivity contribution is 0.0993. The molecule has 0 spiro atoms. The van der Waals surface area contributed by atoms with Gasteiger partial charge in [0.1, 0.15) is 0 Å². The molecule has 0 heterocycles. The molecule has 3 heteroatoms. The van der Waals surface area contributed by atoms with Gasteiger partial charge in [-0.15, -0.1) is 0 Å². The topological polar surface area (TPSA) is 46.3 Å². The van der Waals surface area contributed by atoms with Gasteiger partial charge in [0, 0.05) is 24.0 Å². The third kappa shape index (κ3) is 2.94. The van der Waals surface area contributed by atoms with Gasteiger partial charge in [-0.25, -0.2) is 0 Å². The van der Waals surface area contributed by atoms with Gasteiger partial charge in [-0.3, -0.25) is 4.79 Å². The van der Waals surface area contributed by atoms with E-state index in [1.54, 1.807) is 24.1 Å². The smallest absolute Gasteiger partial charge is 0.258 e. The van der Waals surface area contributed by atoms with Crippen LogP contribution in [0.25, 0.3) is 0 Å². The van der Waals surface area contributed by atoms with Crippen LogP contribution in [0, 0.1) is 13.8 Å². The Morgan fingerprint density at radius 2 is 1.53 bits per heavy atom. The lowest BCUT2D eigenvalue weighted by Gasteiger charge is -2.18. The van der Waals surface area contributed by atoms with Gasteiger partial charge in [0.05, 0.1) is 0 Å². The molecule has 1 amide bonds. The summed E-state index contributed by atoms with van der Waals surface area (Å²) in [6.07, 6.45) is 0. The van der Waals surface area contributed by atoms with E-state index in [4.69, 9.17) is 5.73 Å². The van der Waals surface area contributed by atoms with Gasteiger partial charge in [-0.2, -0.15) is 0 Å². The zero-order valence-corrected chi connectivity index (χ0v) is 11.5. The van der Waals surface area contributed by atoms with Gasteiger partial charge in [0.15, 0.2) is 0 Å². The van der Waals surface area contributed by atoms with Crippen LogP contribution in [-0.4, -0.2) is 13.0 Å². The van der Waals surface area contributed by atoms with Crippen LogP contribution in [0.2, 0.25) is 0 Å². The maximum absolute atomic E-state index is 12.4. The predicted molar refractivity (Wildman–Crippen MR) is 79.5 cm³/mol. The van der Waals surface area contributed by atoms with Crippen molar-refractivity contribution < 1.29 is 4.79 Å². The summed E-state index contributed by atoms with van der Waals surface area (Å²) in [7, 11) is 1.77. The summed E-state index contributed by atoms with van der Waals surface area (Å²) in [5.74, 6) is -0.0171. The van der Waals surface area contributed by atoms with Crippen LogP contribution in [0.1, 0.15) is 21.5 Å². The summed E-state index contributed by atoms with van der Waals surface area (Å²) < 4.78 is 0. The molecule has 0 saturated carbocycles. The number of amides is 1. The molecule has 2 aromatic rings. The van der Waals surface area contributed by atoms with Crippen molar-refractivity contribution in [2.24, 2.45) is 0 Å². The van der Waals surface area contributed by atoms with E-state index >= 15 is 0 Å². The number of anilines is 2. The van der Waals surface area contributed by atoms with Gasteiger partial charge < -0.3 is 10.6 Å². The Morgan fingerprint density at radius 3 is 2.05 bits per heavy atom. The number of hydrogen-bond donors (Lipinski definition) is 1. The molecule has 0 aromatic heterocycles. The Hall–Kier alpha value is -2.29. The Labute approximate surface area is 113 Å². The minimum absolute atomic E-state index is 0.0171. The molecule has 19 heavy (non-hydrogen) atoms. The number of nitrogens with two attached hydrogens (primary N) is 1. The molecule has 98 valence electrons. The molecular formula is C16H18N2O. The van der Waals surface area contributed by atoms with E-state index < -0.39 is 0 Å². The van der Waals surface area contributed by atoms with Crippen molar-refractivity contribution in [3.05, 3.63) is 59.2 Å². The van der Waals surface area contributed by atoms with E-state index in [0.717, 1.165) is 16.8 Å². The second-order valence-electron chi connectivity index (χ2n) is 4.83. The lowest BCUT2D eigenvalue weighted by atomic mass is 10.1. The first-order valence-electron chi connectivity index (χ1n) is 6.19. The van der Waals surface area contributed by atoms with Crippen LogP contribution in [0.4, 0.5) is 11.4 Å². The van der Waals surface area contributed by atoms with Crippen molar-refractivity contribution in [2.75, 3.05) is 17.7 Å². The number of hydrogen-bond acceptors (Lipinski definition) is 2. The fourth-order valence-corrected chi connectivity index (χ4v) is 2.11. The molecule has 0 aliphatic carbocycles. The molecule has 0 fully saturated rings. The number of benzene rings is 2. The number of nitrogen functional groups attached to an aromatic ring is 1. The van der Waals surface area contributed by atoms with Crippen LogP contribution in [0.5, 0.6) is 0 Å². The summed E-state index contributed by atoms with van der Waals surface area (Å²) in [6, 6.07) is 13.1. The molecular weight excluding hydrogens is 236 g/mol. The van der Waals surface area contributed by atoms with Crippen molar-refractivity contribution in [3.63, 3.8) is 0 Å². The SMILES string of the molecule is Cc1cc(C)cc(C(=O)N(C)c2ccc(N)cc2)c1. The monoisotopic (exact) mass is 254 g/mol. The van der Waals surface area contributed by atoms with Crippen molar-refractivity contribution in [1.29, 1.82) is 0 Å². The average molecular weight is 254 g/mol. The maximum Gasteiger partial charge on any atom is 0.258 e. The number of rotatable bonds is 2. The number of aryl methyl sites for hydroxylation is 2. The molecule has 0 atom stereocenters. The molecule has 0 aliphatic heterocycles. The van der Waals surface area contributed by atoms with Crippen molar-refractivity contribution in [3.8, 4) is 0 Å². The van der Waals surface area contributed by atoms with Gasteiger partial charge in [0.2, 0.25) is 0 Å². The number of carbonyl (C=O) groups is 1. The van der Waals surface area contributed by atoms with E-state index in [-0.39, 0.29) is 5.91 Å². The van der Waals surface area contributed by atoms with E-state index in [9.17, 15) is 4.79 Å². The summed E-state index contributed by atoms with van der Waals surface area (Å²) in [5.41, 5.74) is 10.1. The highest BCUT2D eigenvalue weighted by atomic mass is 16.2. The standard InChI is InChI=1S/C16H18N2O/c1-11-8-12(2)10-13(9-11)16(19)18(3)15-6-4-14(17)5-7-15/h4-10H,17H2,1-3H3. The Kier molecular flexibility index (Phi) is 3.56. The normalized spacial score (nSPS) is 10.3. The second-order valence-corrected chi connectivity index (χ2v) is 4.83. The summed E-state index contributed by atoms with van der Waals surface area (Å²) in [4.78, 5) is 14.1. The van der Waals surface area contributed by atoms with Crippen LogP contribution in [0.15, 0.2) is 42.5 Å². The van der Waals surface area contributed by atoms with Gasteiger partial charge >= 0.3 is 0 Å². The Balaban J connectivity index is 2.30. The molecule has 0 radical (unpaired) electrons. The Bertz CT molecular complexity index is 582. The van der Waals surface area contributed by atoms with E-state index in [1.165, 1.54) is 0 Å². The molecule has 2 N–H and O–H groups in total. The summed E-state index contributed by atoms with van der Waals surface area (Å²) in [5, 5.41) is 0. The quantitative estimate of drug-likeness (QED) is 0.837. The van der Waals surface area contributed by atoms with E-state index in [0.29, 0.717) is 11.3 Å². The molecule has 2 aromatic carbocycles. The molecule has 0 saturated heterocycles. The first-order chi connectivity index (χ1) is 8.97. The highest BCUT2D eigenvalue weighted by Crippen LogP contribution is 2.18. The third-order valence-corrected chi connectivity index (χ3v) is 3.05. The molecule has 2 rings (SSSR count). The predicted octanol–water partition coefficient (Wildman–Crippen LogP) is 3.16. The third-order valence-electron chi connectivity index (χ3n) is 3.05. The van der Waals surface area contributed by atoms with Crippen LogP contribution in [0.3, 0.4) is 0 Å². The number of carbonyl (C=O) groups excluding carboxylic acids is 1. The molecule has 0 unspecified atom stereocenters. The van der Waals surface area contributed by atoms with Gasteiger partial charge in [-0.05, 0) is 50.2 Å². The van der Waals surface area contributed by atoms with Gasteiger partial charge in [0.25, 0.3) is 5.91 Å². The van der Waals surface area contributed by atoms with E-state index in [1.807, 2.05) is 38.1 Å². The molecule has 0 bridgehead atoms. The van der Waals surface area contributed by atoms with Crippen LogP contribution >= 0.6 is 0 Å². The second kappa shape index (κ2) is 5.14. The largest absolute Gasteiger partial charge is 0.399 e. The summed E-state index contributed by atoms with van der Waals surface area (Å²) >= 11 is 0. The highest BCUT2D eigenvalue weighted by molar-refractivity contribution is 6.06. The zero-order valence-electron chi connectivity index (χ0n) is 11.5. The van der Waals surface area contributed by atoms with Crippen LogP contribution < -0.4 is 10.6 Å². The molecule has 3 nitrogen and oxygen atoms in total. The minimum atomic E-state index is -0.0171. The number of nitrogens with zero attached hydrogens (tertiary/aromatic N) is 1. The Morgan fingerprint density at radius 1 is 1.00 bits per heavy atom. The van der Waals surface area contributed by atoms with Crippen molar-refractivity contribution in [2.45, 2.75) is 13.8 Å². The minimum Gasteiger partial charge on any atom is -0.399 e. The first kappa shape index (κ1) is 13.1. The van der Waals surface area contributed by atoms with E-state index in [2.05, 4.69) is 6.07 Å². The van der Waals surface area contributed by atoms with Gasteiger partial charge in [-0.1, -0.05) is 17.2 Å². The molecule has 0 aliphatic rings. The van der Waals surface area contributed by atoms with Crippen molar-refractivity contribution >= 4 is 17.3 Å². The maximum atomic E-state index is 12.4. The fraction of sp³-hybridized carbons (Fsp3) is 0.188. The fourth-order valence-electron chi connectivity index (χ4n) is 2.11.